The van der Waals surface area contributed by atoms with Crippen molar-refractivity contribution in [2.75, 3.05) is 13.2 Å². The van der Waals surface area contributed by atoms with E-state index in [-0.39, 0.29) is 50.4 Å². The lowest BCUT2D eigenvalue weighted by molar-refractivity contribution is -0.167. The summed E-state index contributed by atoms with van der Waals surface area (Å²) < 4.78 is 16.7. The van der Waals surface area contributed by atoms with E-state index in [2.05, 4.69) is 81.5 Å². The largest absolute Gasteiger partial charge is 0.462 e. The molecule has 0 aliphatic rings. The molecule has 0 N–H and O–H groups in total. The summed E-state index contributed by atoms with van der Waals surface area (Å²) in [4.78, 5) is 38.0. The van der Waals surface area contributed by atoms with Gasteiger partial charge in [0.25, 0.3) is 0 Å². The second-order valence-electron chi connectivity index (χ2n) is 16.0. The molecule has 0 aromatic heterocycles. The van der Waals surface area contributed by atoms with E-state index >= 15 is 0 Å². The topological polar surface area (TPSA) is 78.9 Å². The average Bonchev–Trinajstić information content (AvgIpc) is 3.34. The Hall–Kier alpha value is -5.75. The lowest BCUT2D eigenvalue weighted by atomic mass is 10.1. The molecule has 0 aliphatic heterocycles. The van der Waals surface area contributed by atoms with Gasteiger partial charge in [-0.15, -0.1) is 0 Å². The fourth-order valence-corrected chi connectivity index (χ4v) is 5.94. The Morgan fingerprint density at radius 3 is 0.971 bits per heavy atom. The molecular weight excluding hydrogens is 841 g/mol. The number of ether oxygens (including phenoxy) is 3. The first-order chi connectivity index (χ1) is 33.5. The fourth-order valence-electron chi connectivity index (χ4n) is 5.94. The maximum Gasteiger partial charge on any atom is 0.306 e. The second kappa shape index (κ2) is 53.9. The molecule has 372 valence electrons. The summed E-state index contributed by atoms with van der Waals surface area (Å²) in [5, 5.41) is 0. The summed E-state index contributed by atoms with van der Waals surface area (Å²) in [5.41, 5.74) is 0. The van der Waals surface area contributed by atoms with Crippen molar-refractivity contribution in [3.05, 3.63) is 194 Å². The molecular formula is C62H88O6. The van der Waals surface area contributed by atoms with Gasteiger partial charge in [0.05, 0.1) is 0 Å². The Kier molecular flexibility index (Phi) is 49.3. The normalized spacial score (nSPS) is 13.8. The van der Waals surface area contributed by atoms with Crippen molar-refractivity contribution in [1.29, 1.82) is 0 Å². The van der Waals surface area contributed by atoms with Crippen LogP contribution in [0.3, 0.4) is 0 Å². The van der Waals surface area contributed by atoms with Gasteiger partial charge in [-0.1, -0.05) is 254 Å². The number of hydrogen-bond donors (Lipinski definition) is 0. The van der Waals surface area contributed by atoms with Crippen molar-refractivity contribution < 1.29 is 28.6 Å². The molecule has 0 amide bonds. The third-order valence-electron chi connectivity index (χ3n) is 9.73. The first-order valence-corrected chi connectivity index (χ1v) is 25.7. The van der Waals surface area contributed by atoms with Crippen LogP contribution in [0.2, 0.25) is 0 Å². The lowest BCUT2D eigenvalue weighted by Gasteiger charge is -2.18. The van der Waals surface area contributed by atoms with Crippen LogP contribution in [0, 0.1) is 0 Å². The molecule has 0 spiro atoms. The predicted octanol–water partition coefficient (Wildman–Crippen LogP) is 17.1. The fraction of sp³-hybridized carbons (Fsp3) is 0.435. The minimum absolute atomic E-state index is 0.147. The van der Waals surface area contributed by atoms with Gasteiger partial charge in [-0.25, -0.2) is 0 Å². The minimum Gasteiger partial charge on any atom is -0.462 e. The summed E-state index contributed by atoms with van der Waals surface area (Å²) in [6, 6.07) is 0. The van der Waals surface area contributed by atoms with Gasteiger partial charge in [0.2, 0.25) is 0 Å². The van der Waals surface area contributed by atoms with E-state index in [0.29, 0.717) is 19.3 Å². The highest BCUT2D eigenvalue weighted by Gasteiger charge is 2.19. The third kappa shape index (κ3) is 51.2. The average molecular weight is 929 g/mol. The van der Waals surface area contributed by atoms with Gasteiger partial charge >= 0.3 is 17.9 Å². The van der Waals surface area contributed by atoms with Gasteiger partial charge in [0, 0.05) is 19.3 Å². The molecule has 6 nitrogen and oxygen atoms in total. The Morgan fingerprint density at radius 2 is 0.588 bits per heavy atom. The van der Waals surface area contributed by atoms with Gasteiger partial charge in [0.15, 0.2) is 6.10 Å². The van der Waals surface area contributed by atoms with Gasteiger partial charge in [-0.2, -0.15) is 0 Å². The Morgan fingerprint density at radius 1 is 0.309 bits per heavy atom. The SMILES string of the molecule is CC/C=C/C=C/C=C/C=C/C=C/C=C/C=C/CCCCCC(=O)OCC(COC(=O)CCC/C=C/C=C/C=C/C=C/C=C/CC)OC(=O)CCCCCCC/C=C/C=C/C=C/C=C/CCCCC. The highest BCUT2D eigenvalue weighted by atomic mass is 16.6. The van der Waals surface area contributed by atoms with E-state index in [0.717, 1.165) is 77.0 Å². The van der Waals surface area contributed by atoms with Crippen LogP contribution in [0.1, 0.15) is 156 Å². The van der Waals surface area contributed by atoms with Crippen LogP contribution in [-0.4, -0.2) is 37.2 Å². The summed E-state index contributed by atoms with van der Waals surface area (Å²) in [5.74, 6) is -1.11. The van der Waals surface area contributed by atoms with Gasteiger partial charge in [-0.05, 0) is 77.0 Å². The summed E-state index contributed by atoms with van der Waals surface area (Å²) in [7, 11) is 0. The van der Waals surface area contributed by atoms with E-state index in [1.54, 1.807) is 0 Å². The third-order valence-corrected chi connectivity index (χ3v) is 9.73. The van der Waals surface area contributed by atoms with Crippen molar-refractivity contribution in [2.45, 2.75) is 162 Å². The number of allylic oxidation sites excluding steroid dienone is 32. The van der Waals surface area contributed by atoms with Crippen LogP contribution in [0.5, 0.6) is 0 Å². The molecule has 0 aromatic rings. The van der Waals surface area contributed by atoms with E-state index < -0.39 is 6.10 Å². The Bertz CT molecular complexity index is 1730. The highest BCUT2D eigenvalue weighted by Crippen LogP contribution is 2.11. The zero-order valence-corrected chi connectivity index (χ0v) is 42.3. The molecule has 0 rings (SSSR count). The van der Waals surface area contributed by atoms with Crippen molar-refractivity contribution in [3.63, 3.8) is 0 Å². The molecule has 1 atom stereocenters. The maximum absolute atomic E-state index is 12.8. The summed E-state index contributed by atoms with van der Waals surface area (Å²) in [6.07, 6.45) is 82.6. The number of hydrogen-bond acceptors (Lipinski definition) is 6. The van der Waals surface area contributed by atoms with Crippen molar-refractivity contribution in [3.8, 4) is 0 Å². The molecule has 68 heavy (non-hydrogen) atoms. The van der Waals surface area contributed by atoms with Crippen molar-refractivity contribution in [2.24, 2.45) is 0 Å². The number of rotatable bonds is 42. The molecule has 0 heterocycles. The van der Waals surface area contributed by atoms with Gasteiger partial charge < -0.3 is 14.2 Å². The van der Waals surface area contributed by atoms with Crippen LogP contribution in [0.25, 0.3) is 0 Å². The van der Waals surface area contributed by atoms with Crippen LogP contribution < -0.4 is 0 Å². The zero-order valence-electron chi connectivity index (χ0n) is 42.3. The van der Waals surface area contributed by atoms with Crippen LogP contribution >= 0.6 is 0 Å². The first-order valence-electron chi connectivity index (χ1n) is 25.7. The van der Waals surface area contributed by atoms with E-state index in [4.69, 9.17) is 14.2 Å². The Labute approximate surface area is 414 Å². The number of unbranched alkanes of at least 4 members (excludes halogenated alkanes) is 12. The molecule has 0 saturated heterocycles. The molecule has 0 saturated carbocycles. The van der Waals surface area contributed by atoms with E-state index in [1.165, 1.54) is 19.3 Å². The monoisotopic (exact) mass is 929 g/mol. The van der Waals surface area contributed by atoms with Crippen LogP contribution in [0.4, 0.5) is 0 Å². The van der Waals surface area contributed by atoms with Crippen molar-refractivity contribution >= 4 is 17.9 Å². The predicted molar refractivity (Wildman–Crippen MR) is 292 cm³/mol. The number of carbonyl (C=O) groups excluding carboxylic acids is 3. The van der Waals surface area contributed by atoms with Crippen LogP contribution in [0.15, 0.2) is 194 Å². The molecule has 0 bridgehead atoms. The Balaban J connectivity index is 4.69. The number of esters is 3. The highest BCUT2D eigenvalue weighted by molar-refractivity contribution is 5.71. The van der Waals surface area contributed by atoms with E-state index in [9.17, 15) is 14.4 Å². The standard InChI is InChI=1S/C62H88O6/c1-4-7-10-13-16-19-22-25-27-29-31-33-34-37-40-43-46-49-52-55-61(64)67-58-59(57-66-60(63)54-51-48-45-42-39-36-24-21-18-15-12-9-6-3)68-62(65)56-53-50-47-44-41-38-35-32-30-28-26-23-20-17-14-11-8-5-2/h7,9-10,12-13,15-37,39-40,42,45,59H,4-6,8,11,14,38,41,43-44,46-58H2,1-3H3/b10-7+,12-9+,16-13+,18-15+,20-17+,22-19+,24-21+,26-23+,27-25+,30-28+,31-29+,34-33+,35-32+,39-36+,40-37+,45-42+. The molecule has 0 radical (unpaired) electrons. The minimum atomic E-state index is -0.851. The van der Waals surface area contributed by atoms with E-state index in [1.807, 2.05) is 134 Å². The zero-order chi connectivity index (χ0) is 49.3. The second-order valence-corrected chi connectivity index (χ2v) is 16.0. The molecule has 0 aromatic carbocycles. The summed E-state index contributed by atoms with van der Waals surface area (Å²) in [6.45, 7) is 6.14. The maximum atomic E-state index is 12.8. The molecule has 0 aliphatic carbocycles. The molecule has 1 unspecified atom stereocenters. The molecule has 0 fully saturated rings. The smallest absolute Gasteiger partial charge is 0.306 e. The number of carbonyl (C=O) groups is 3. The first kappa shape index (κ1) is 62.2. The van der Waals surface area contributed by atoms with Crippen molar-refractivity contribution in [1.82, 2.24) is 0 Å². The summed E-state index contributed by atoms with van der Waals surface area (Å²) >= 11 is 0. The quantitative estimate of drug-likeness (QED) is 0.0263. The molecule has 6 heteroatoms. The van der Waals surface area contributed by atoms with Gasteiger partial charge in [-0.3, -0.25) is 14.4 Å². The van der Waals surface area contributed by atoms with Crippen LogP contribution in [-0.2, 0) is 28.6 Å². The lowest BCUT2D eigenvalue weighted by Crippen LogP contribution is -2.30. The van der Waals surface area contributed by atoms with Gasteiger partial charge in [0.1, 0.15) is 13.2 Å².